The molecular formula is C10H17N3O10P2. The van der Waals surface area contributed by atoms with Crippen LogP contribution in [-0.4, -0.2) is 61.1 Å². The Labute approximate surface area is 140 Å². The Balaban J connectivity index is 2.08. The predicted molar refractivity (Wildman–Crippen MR) is 81.4 cm³/mol. The predicted octanol–water partition coefficient (Wildman–Crippen LogP) is -1.61. The summed E-state index contributed by atoms with van der Waals surface area (Å²) < 4.78 is 37.1. The molecule has 1 aromatic heterocycles. The third-order valence-corrected chi connectivity index (χ3v) is 5.63. The van der Waals surface area contributed by atoms with Gasteiger partial charge >= 0.3 is 21.1 Å². The van der Waals surface area contributed by atoms with Crippen molar-refractivity contribution in [2.45, 2.75) is 24.5 Å². The number of aliphatic hydroxyl groups excluding tert-OH is 2. The first-order chi connectivity index (χ1) is 11.4. The molecule has 1 aliphatic rings. The van der Waals surface area contributed by atoms with E-state index in [4.69, 9.17) is 15.4 Å². The molecule has 6 unspecified atom stereocenters. The Morgan fingerprint density at radius 2 is 2.00 bits per heavy atom. The molecule has 0 aromatic carbocycles. The summed E-state index contributed by atoms with van der Waals surface area (Å²) in [7, 11) is -9.21. The lowest BCUT2D eigenvalue weighted by atomic mass is 10.1. The zero-order valence-corrected chi connectivity index (χ0v) is 14.6. The zero-order valence-electron chi connectivity index (χ0n) is 12.8. The Morgan fingerprint density at radius 3 is 2.56 bits per heavy atom. The molecule has 15 heteroatoms. The quantitative estimate of drug-likeness (QED) is 0.342. The van der Waals surface area contributed by atoms with Crippen LogP contribution in [0.1, 0.15) is 6.23 Å². The van der Waals surface area contributed by atoms with E-state index in [1.165, 1.54) is 12.3 Å². The highest BCUT2D eigenvalue weighted by Gasteiger charge is 2.45. The van der Waals surface area contributed by atoms with Gasteiger partial charge in [0.15, 0.2) is 6.23 Å². The van der Waals surface area contributed by atoms with Gasteiger partial charge in [0.2, 0.25) is 0 Å². The molecule has 1 aromatic rings. The second-order valence-electron chi connectivity index (χ2n) is 5.24. The van der Waals surface area contributed by atoms with Crippen molar-refractivity contribution in [2.24, 2.45) is 0 Å². The number of nitrogens with zero attached hydrogens (tertiary/aromatic N) is 2. The van der Waals surface area contributed by atoms with Crippen molar-refractivity contribution in [3.05, 3.63) is 22.7 Å². The van der Waals surface area contributed by atoms with Crippen LogP contribution in [0.3, 0.4) is 0 Å². The molecule has 0 amide bonds. The van der Waals surface area contributed by atoms with Crippen LogP contribution in [0.25, 0.3) is 0 Å². The molecule has 2 heterocycles. The molecule has 25 heavy (non-hydrogen) atoms. The molecule has 6 N–H and O–H groups in total. The Bertz CT molecular complexity index is 778. The molecule has 2 rings (SSSR count). The second kappa shape index (κ2) is 7.23. The van der Waals surface area contributed by atoms with Crippen molar-refractivity contribution in [1.29, 1.82) is 0 Å². The summed E-state index contributed by atoms with van der Waals surface area (Å²) in [5, 5.41) is 19.9. The number of nitrogens with two attached hydrogens (primary N) is 1. The maximum atomic E-state index is 11.8. The molecule has 1 fully saturated rings. The van der Waals surface area contributed by atoms with E-state index in [2.05, 4.69) is 13.8 Å². The van der Waals surface area contributed by atoms with Crippen LogP contribution >= 0.6 is 15.4 Å². The van der Waals surface area contributed by atoms with Crippen molar-refractivity contribution in [3.63, 3.8) is 0 Å². The van der Waals surface area contributed by atoms with Crippen LogP contribution in [0, 0.1) is 0 Å². The van der Waals surface area contributed by atoms with Gasteiger partial charge in [-0.2, -0.15) is 4.98 Å². The lowest BCUT2D eigenvalue weighted by Crippen LogP contribution is -2.36. The molecule has 13 nitrogen and oxygen atoms in total. The maximum Gasteiger partial charge on any atom is 0.479 e. The normalized spacial score (nSPS) is 31.4. The highest BCUT2D eigenvalue weighted by molar-refractivity contribution is 7.63. The number of nitrogen functional groups attached to an aromatic ring is 1. The molecular weight excluding hydrogens is 384 g/mol. The maximum absolute atomic E-state index is 11.8. The van der Waals surface area contributed by atoms with E-state index in [9.17, 15) is 29.0 Å². The number of aromatic nitrogens is 2. The summed E-state index contributed by atoms with van der Waals surface area (Å²) in [6, 6.07) is 1.27. The summed E-state index contributed by atoms with van der Waals surface area (Å²) in [5.74, 6) is -0.0551. The van der Waals surface area contributed by atoms with E-state index in [0.717, 1.165) is 4.57 Å². The summed E-state index contributed by atoms with van der Waals surface area (Å²) in [4.78, 5) is 33.5. The van der Waals surface area contributed by atoms with E-state index in [0.29, 0.717) is 6.66 Å². The van der Waals surface area contributed by atoms with Gasteiger partial charge in [0.05, 0.1) is 6.61 Å². The van der Waals surface area contributed by atoms with Crippen molar-refractivity contribution in [1.82, 2.24) is 9.55 Å². The van der Waals surface area contributed by atoms with Crippen LogP contribution in [0.15, 0.2) is 17.1 Å². The fourth-order valence-electron chi connectivity index (χ4n) is 2.10. The summed E-state index contributed by atoms with van der Waals surface area (Å²) >= 11 is 0. The fourth-order valence-corrected chi connectivity index (χ4v) is 4.15. The summed E-state index contributed by atoms with van der Waals surface area (Å²) in [5.41, 5.74) is 4.50. The van der Waals surface area contributed by atoms with Gasteiger partial charge < -0.3 is 30.5 Å². The van der Waals surface area contributed by atoms with Crippen molar-refractivity contribution >= 4 is 21.2 Å². The Morgan fingerprint density at radius 1 is 1.36 bits per heavy atom. The number of ether oxygens (including phenoxy) is 1. The van der Waals surface area contributed by atoms with Crippen molar-refractivity contribution in [3.8, 4) is 0 Å². The van der Waals surface area contributed by atoms with Crippen LogP contribution in [-0.2, 0) is 22.7 Å². The number of phosphoric ester groups is 1. The van der Waals surface area contributed by atoms with E-state index < -0.39 is 52.3 Å². The fraction of sp³-hybridized carbons (Fsp3) is 0.600. The van der Waals surface area contributed by atoms with Crippen molar-refractivity contribution in [2.75, 3.05) is 19.0 Å². The first-order valence-corrected chi connectivity index (χ1v) is 10.3. The molecule has 1 saturated heterocycles. The number of hydrogen-bond acceptors (Lipinski definition) is 10. The van der Waals surface area contributed by atoms with Crippen LogP contribution in [0.4, 0.5) is 5.82 Å². The summed E-state index contributed by atoms with van der Waals surface area (Å²) in [6.45, 7) is -0.0832. The van der Waals surface area contributed by atoms with Gasteiger partial charge in [-0.3, -0.25) is 13.7 Å². The lowest BCUT2D eigenvalue weighted by molar-refractivity contribution is -0.0540. The molecule has 0 bridgehead atoms. The highest BCUT2D eigenvalue weighted by Crippen LogP contribution is 2.58. The minimum Gasteiger partial charge on any atom is -0.387 e. The molecule has 1 aliphatic heterocycles. The molecule has 0 spiro atoms. The van der Waals surface area contributed by atoms with Gasteiger partial charge in [-0.25, -0.2) is 13.7 Å². The minimum atomic E-state index is -4.90. The molecule has 0 aliphatic carbocycles. The van der Waals surface area contributed by atoms with Crippen LogP contribution in [0.5, 0.6) is 0 Å². The van der Waals surface area contributed by atoms with E-state index in [-0.39, 0.29) is 5.82 Å². The SMILES string of the molecule is CP(=O)(O)OP(=O)(O)OCC1OC(n2ccc(N)nc2=O)C(O)C1O. The third-order valence-electron chi connectivity index (χ3n) is 3.12. The smallest absolute Gasteiger partial charge is 0.387 e. The van der Waals surface area contributed by atoms with E-state index >= 15 is 0 Å². The first-order valence-electron chi connectivity index (χ1n) is 6.75. The van der Waals surface area contributed by atoms with Gasteiger partial charge in [-0.15, -0.1) is 0 Å². The average Bonchev–Trinajstić information content (AvgIpc) is 2.71. The number of aliphatic hydroxyl groups is 2. The Kier molecular flexibility index (Phi) is 5.84. The standard InChI is InChI=1S/C10H17N3O10P2/c1-24(17,18)23-25(19,20)21-4-5-7(14)8(15)9(22-5)13-3-2-6(11)12-10(13)16/h2-3,5,7-9,14-15H,4H2,1H3,(H,17,18)(H,19,20)(H2,11,12,16). The molecule has 0 radical (unpaired) electrons. The number of phosphoric acid groups is 1. The van der Waals surface area contributed by atoms with Gasteiger partial charge in [-0.1, -0.05) is 0 Å². The highest BCUT2D eigenvalue weighted by atomic mass is 31.3. The topological polar surface area (TPSA) is 204 Å². The molecule has 0 saturated carbocycles. The van der Waals surface area contributed by atoms with Gasteiger partial charge in [0, 0.05) is 12.9 Å². The van der Waals surface area contributed by atoms with E-state index in [1.807, 2.05) is 0 Å². The first kappa shape index (κ1) is 20.2. The van der Waals surface area contributed by atoms with Crippen LogP contribution < -0.4 is 11.4 Å². The molecule has 142 valence electrons. The van der Waals surface area contributed by atoms with Gasteiger partial charge in [-0.05, 0) is 6.07 Å². The Hall–Kier alpha value is -1.14. The van der Waals surface area contributed by atoms with Crippen molar-refractivity contribution < 1.29 is 42.7 Å². The van der Waals surface area contributed by atoms with Crippen LogP contribution in [0.2, 0.25) is 0 Å². The zero-order chi connectivity index (χ0) is 19.0. The number of rotatable bonds is 6. The largest absolute Gasteiger partial charge is 0.479 e. The second-order valence-corrected chi connectivity index (χ2v) is 8.69. The summed E-state index contributed by atoms with van der Waals surface area (Å²) in [6.07, 6.45) is -4.65. The third kappa shape index (κ3) is 5.17. The number of anilines is 1. The lowest BCUT2D eigenvalue weighted by Gasteiger charge is -2.18. The average molecular weight is 401 g/mol. The van der Waals surface area contributed by atoms with Gasteiger partial charge in [0.25, 0.3) is 0 Å². The van der Waals surface area contributed by atoms with Gasteiger partial charge in [0.1, 0.15) is 24.1 Å². The number of hydrogen-bond donors (Lipinski definition) is 5. The van der Waals surface area contributed by atoms with E-state index in [1.54, 1.807) is 0 Å². The molecule has 6 atom stereocenters. The minimum absolute atomic E-state index is 0.0551. The monoisotopic (exact) mass is 401 g/mol.